The summed E-state index contributed by atoms with van der Waals surface area (Å²) in [4.78, 5) is 21.6. The van der Waals surface area contributed by atoms with Crippen LogP contribution in [0, 0.1) is 0 Å². The molecule has 1 saturated heterocycles. The molecule has 1 atom stereocenters. The molecule has 1 aliphatic rings. The van der Waals surface area contributed by atoms with Gasteiger partial charge in [-0.05, 0) is 65.4 Å². The second kappa shape index (κ2) is 7.98. The number of rotatable bonds is 5. The van der Waals surface area contributed by atoms with Crippen LogP contribution in [0.25, 0.3) is 10.2 Å². The number of halogens is 1. The molecule has 8 heteroatoms. The van der Waals surface area contributed by atoms with E-state index in [-0.39, 0.29) is 12.0 Å². The van der Waals surface area contributed by atoms with Crippen molar-refractivity contribution in [2.45, 2.75) is 23.8 Å². The average Bonchev–Trinajstić information content (AvgIpc) is 3.38. The van der Waals surface area contributed by atoms with Gasteiger partial charge < -0.3 is 4.74 Å². The van der Waals surface area contributed by atoms with E-state index in [1.165, 1.54) is 16.2 Å². The molecule has 1 aromatic carbocycles. The van der Waals surface area contributed by atoms with Gasteiger partial charge in [0.1, 0.15) is 0 Å². The SMILES string of the molecule is CSc1ccc2nc(N(CC3CCCO3)C(=O)c3ccc(Br)s3)sc2c1. The maximum atomic E-state index is 13.2. The molecule has 4 rings (SSSR count). The Morgan fingerprint density at radius 2 is 2.27 bits per heavy atom. The normalized spacial score (nSPS) is 17.1. The quantitative estimate of drug-likeness (QED) is 0.452. The van der Waals surface area contributed by atoms with E-state index in [1.54, 1.807) is 28.0 Å². The Balaban J connectivity index is 1.70. The van der Waals surface area contributed by atoms with E-state index in [1.807, 2.05) is 18.2 Å². The Kier molecular flexibility index (Phi) is 5.66. The Morgan fingerprint density at radius 3 is 2.96 bits per heavy atom. The Bertz CT molecular complexity index is 934. The highest BCUT2D eigenvalue weighted by atomic mass is 79.9. The van der Waals surface area contributed by atoms with Crippen molar-refractivity contribution in [3.05, 3.63) is 39.0 Å². The van der Waals surface area contributed by atoms with Crippen LogP contribution in [0.2, 0.25) is 0 Å². The number of thiophene rings is 1. The standard InChI is InChI=1S/C18H17BrN2O2S3/c1-24-12-4-5-13-15(9-12)26-18(20-13)21(10-11-3-2-8-23-11)17(22)14-6-7-16(19)25-14/h4-7,9,11H,2-3,8,10H2,1H3. The molecule has 1 unspecified atom stereocenters. The molecule has 4 nitrogen and oxygen atoms in total. The minimum atomic E-state index is -0.0136. The average molecular weight is 469 g/mol. The van der Waals surface area contributed by atoms with Crippen molar-refractivity contribution in [3.8, 4) is 0 Å². The van der Waals surface area contributed by atoms with Crippen molar-refractivity contribution in [1.29, 1.82) is 0 Å². The van der Waals surface area contributed by atoms with Crippen molar-refractivity contribution in [1.82, 2.24) is 4.98 Å². The number of carbonyl (C=O) groups excluding carboxylic acids is 1. The van der Waals surface area contributed by atoms with Gasteiger partial charge in [-0.25, -0.2) is 4.98 Å². The molecule has 1 amide bonds. The van der Waals surface area contributed by atoms with Crippen molar-refractivity contribution < 1.29 is 9.53 Å². The fraction of sp³-hybridized carbons (Fsp3) is 0.333. The lowest BCUT2D eigenvalue weighted by atomic mass is 10.2. The van der Waals surface area contributed by atoms with Crippen molar-refractivity contribution >= 4 is 71.6 Å². The van der Waals surface area contributed by atoms with Gasteiger partial charge in [-0.1, -0.05) is 11.3 Å². The van der Waals surface area contributed by atoms with E-state index in [0.717, 1.165) is 38.6 Å². The lowest BCUT2D eigenvalue weighted by Gasteiger charge is -2.22. The number of aromatic nitrogens is 1. The van der Waals surface area contributed by atoms with Crippen LogP contribution in [0.5, 0.6) is 0 Å². The molecular weight excluding hydrogens is 452 g/mol. The molecule has 1 fully saturated rings. The van der Waals surface area contributed by atoms with Gasteiger partial charge in [-0.3, -0.25) is 9.69 Å². The van der Waals surface area contributed by atoms with E-state index >= 15 is 0 Å². The number of thiazole rings is 1. The summed E-state index contributed by atoms with van der Waals surface area (Å²) in [5.74, 6) is -0.0136. The zero-order chi connectivity index (χ0) is 18.1. The Labute approximate surface area is 172 Å². The fourth-order valence-corrected chi connectivity index (χ4v) is 5.80. The number of amides is 1. The van der Waals surface area contributed by atoms with Crippen LogP contribution in [-0.4, -0.2) is 36.4 Å². The van der Waals surface area contributed by atoms with Crippen LogP contribution < -0.4 is 4.90 Å². The van der Waals surface area contributed by atoms with E-state index in [4.69, 9.17) is 9.72 Å². The first kappa shape index (κ1) is 18.4. The lowest BCUT2D eigenvalue weighted by molar-refractivity contribution is 0.0920. The van der Waals surface area contributed by atoms with E-state index in [0.29, 0.717) is 11.4 Å². The molecule has 0 saturated carbocycles. The van der Waals surface area contributed by atoms with Gasteiger partial charge in [0, 0.05) is 11.5 Å². The van der Waals surface area contributed by atoms with E-state index < -0.39 is 0 Å². The summed E-state index contributed by atoms with van der Waals surface area (Å²) in [5, 5.41) is 0.739. The molecule has 3 aromatic rings. The first-order valence-electron chi connectivity index (χ1n) is 8.27. The van der Waals surface area contributed by atoms with Crippen LogP contribution in [0.15, 0.2) is 39.0 Å². The second-order valence-electron chi connectivity index (χ2n) is 5.98. The van der Waals surface area contributed by atoms with E-state index in [2.05, 4.69) is 34.3 Å². The van der Waals surface area contributed by atoms with Crippen LogP contribution in [0.1, 0.15) is 22.5 Å². The molecule has 3 heterocycles. The molecule has 2 aromatic heterocycles. The predicted molar refractivity (Wildman–Crippen MR) is 114 cm³/mol. The number of hydrogen-bond acceptors (Lipinski definition) is 6. The van der Waals surface area contributed by atoms with Crippen molar-refractivity contribution in [2.24, 2.45) is 0 Å². The van der Waals surface area contributed by atoms with Gasteiger partial charge in [0.15, 0.2) is 5.13 Å². The highest BCUT2D eigenvalue weighted by Gasteiger charge is 2.27. The first-order valence-corrected chi connectivity index (χ1v) is 11.9. The third-order valence-corrected chi connectivity index (χ3v) is 7.63. The first-order chi connectivity index (χ1) is 12.6. The number of carbonyl (C=O) groups is 1. The molecule has 0 bridgehead atoms. The predicted octanol–water partition coefficient (Wildman–Crippen LogP) is 5.67. The molecule has 1 aliphatic heterocycles. The van der Waals surface area contributed by atoms with Crippen molar-refractivity contribution in [2.75, 3.05) is 24.3 Å². The third kappa shape index (κ3) is 3.84. The van der Waals surface area contributed by atoms with Crippen LogP contribution >= 0.6 is 50.4 Å². The lowest BCUT2D eigenvalue weighted by Crippen LogP contribution is -2.37. The number of hydrogen-bond donors (Lipinski definition) is 0. The number of benzene rings is 1. The molecule has 0 N–H and O–H groups in total. The van der Waals surface area contributed by atoms with Crippen LogP contribution in [-0.2, 0) is 4.74 Å². The van der Waals surface area contributed by atoms with E-state index in [9.17, 15) is 4.79 Å². The van der Waals surface area contributed by atoms with Gasteiger partial charge in [0.05, 0.1) is 31.5 Å². The highest BCUT2D eigenvalue weighted by molar-refractivity contribution is 9.11. The molecular formula is C18H17BrN2O2S3. The minimum absolute atomic E-state index is 0.0136. The highest BCUT2D eigenvalue weighted by Crippen LogP contribution is 2.34. The van der Waals surface area contributed by atoms with Gasteiger partial charge in [-0.15, -0.1) is 23.1 Å². The largest absolute Gasteiger partial charge is 0.376 e. The number of nitrogens with zero attached hydrogens (tertiary/aromatic N) is 2. The monoisotopic (exact) mass is 468 g/mol. The minimum Gasteiger partial charge on any atom is -0.376 e. The molecule has 0 radical (unpaired) electrons. The fourth-order valence-electron chi connectivity index (χ4n) is 2.94. The van der Waals surface area contributed by atoms with Gasteiger partial charge in [-0.2, -0.15) is 0 Å². The third-order valence-electron chi connectivity index (χ3n) is 4.25. The summed E-state index contributed by atoms with van der Waals surface area (Å²) in [7, 11) is 0. The summed E-state index contributed by atoms with van der Waals surface area (Å²) in [6.45, 7) is 1.32. The maximum absolute atomic E-state index is 13.2. The van der Waals surface area contributed by atoms with Gasteiger partial charge in [0.25, 0.3) is 5.91 Å². The van der Waals surface area contributed by atoms with Crippen LogP contribution in [0.4, 0.5) is 5.13 Å². The topological polar surface area (TPSA) is 42.4 Å². The van der Waals surface area contributed by atoms with Gasteiger partial charge >= 0.3 is 0 Å². The molecule has 0 aliphatic carbocycles. The molecule has 0 spiro atoms. The zero-order valence-corrected chi connectivity index (χ0v) is 18.1. The number of thioether (sulfide) groups is 1. The summed E-state index contributed by atoms with van der Waals surface area (Å²) in [5.41, 5.74) is 0.931. The summed E-state index contributed by atoms with van der Waals surface area (Å²) in [6, 6.07) is 10.00. The number of fused-ring (bicyclic) bond motifs is 1. The summed E-state index contributed by atoms with van der Waals surface area (Å²) >= 11 is 8.17. The number of anilines is 1. The molecule has 26 heavy (non-hydrogen) atoms. The summed E-state index contributed by atoms with van der Waals surface area (Å²) in [6.07, 6.45) is 4.18. The molecule has 136 valence electrons. The Hall–Kier alpha value is -0.930. The Morgan fingerprint density at radius 1 is 1.38 bits per heavy atom. The van der Waals surface area contributed by atoms with Gasteiger partial charge in [0.2, 0.25) is 0 Å². The van der Waals surface area contributed by atoms with Crippen molar-refractivity contribution in [3.63, 3.8) is 0 Å². The maximum Gasteiger partial charge on any atom is 0.270 e. The van der Waals surface area contributed by atoms with Crippen LogP contribution in [0.3, 0.4) is 0 Å². The zero-order valence-electron chi connectivity index (χ0n) is 14.1. The smallest absolute Gasteiger partial charge is 0.270 e. The number of ether oxygens (including phenoxy) is 1. The second-order valence-corrected chi connectivity index (χ2v) is 10.3. The summed E-state index contributed by atoms with van der Waals surface area (Å²) < 4.78 is 7.83.